The summed E-state index contributed by atoms with van der Waals surface area (Å²) in [4.78, 5) is 0. The molecule has 0 heterocycles. The molecular weight excluding hydrogens is 270 g/mol. The average molecular weight is 288 g/mol. The van der Waals surface area contributed by atoms with Crippen LogP contribution >= 0.6 is 15.9 Å². The number of aliphatic hydroxyl groups excluding tert-OH is 1. The van der Waals surface area contributed by atoms with Crippen LogP contribution in [-0.4, -0.2) is 18.8 Å². The summed E-state index contributed by atoms with van der Waals surface area (Å²) in [5.41, 5.74) is 10.0. The van der Waals surface area contributed by atoms with Crippen LogP contribution in [0.25, 0.3) is 0 Å². The number of methoxy groups -OCH3 is 1. The van der Waals surface area contributed by atoms with Gasteiger partial charge in [0, 0.05) is 10.0 Å². The van der Waals surface area contributed by atoms with Crippen LogP contribution in [0, 0.1) is 20.8 Å². The van der Waals surface area contributed by atoms with Gasteiger partial charge in [-0.1, -0.05) is 15.9 Å². The highest BCUT2D eigenvalue weighted by molar-refractivity contribution is 9.10. The van der Waals surface area contributed by atoms with Gasteiger partial charge >= 0.3 is 0 Å². The number of hydrogen-bond donors (Lipinski definition) is 2. The first-order valence-corrected chi connectivity index (χ1v) is 5.94. The number of nitrogens with two attached hydrogens (primary N) is 1. The second-order valence-corrected chi connectivity index (χ2v) is 4.72. The number of rotatable bonds is 3. The summed E-state index contributed by atoms with van der Waals surface area (Å²) in [5, 5.41) is 9.19. The van der Waals surface area contributed by atoms with Crippen LogP contribution in [0.4, 0.5) is 0 Å². The van der Waals surface area contributed by atoms with Crippen molar-refractivity contribution in [2.24, 2.45) is 5.73 Å². The Bertz CT molecular complexity index is 405. The van der Waals surface area contributed by atoms with Crippen molar-refractivity contribution < 1.29 is 9.84 Å². The molecule has 3 N–H and O–H groups in total. The molecule has 1 aromatic rings. The van der Waals surface area contributed by atoms with Gasteiger partial charge in [-0.25, -0.2) is 0 Å². The Morgan fingerprint density at radius 1 is 1.25 bits per heavy atom. The number of ether oxygens (including phenoxy) is 1. The van der Waals surface area contributed by atoms with Crippen molar-refractivity contribution in [1.82, 2.24) is 0 Å². The van der Waals surface area contributed by atoms with Crippen LogP contribution in [0.5, 0.6) is 5.75 Å². The molecule has 0 aliphatic rings. The van der Waals surface area contributed by atoms with Gasteiger partial charge in [-0.05, 0) is 37.5 Å². The molecule has 0 aliphatic heterocycles. The largest absolute Gasteiger partial charge is 0.496 e. The third kappa shape index (κ3) is 2.10. The summed E-state index contributed by atoms with van der Waals surface area (Å²) in [6.45, 7) is 5.91. The lowest BCUT2D eigenvalue weighted by Crippen LogP contribution is -2.18. The molecule has 0 fully saturated rings. The summed E-state index contributed by atoms with van der Waals surface area (Å²) in [5.74, 6) is 0.778. The highest BCUT2D eigenvalue weighted by atomic mass is 79.9. The summed E-state index contributed by atoms with van der Waals surface area (Å²) < 4.78 is 6.44. The SMILES string of the molecule is COc1c(C)c(C)c(Br)c(C)c1C(N)CO. The normalized spacial score (nSPS) is 12.7. The standard InChI is InChI=1S/C12H18BrNO2/c1-6-7(2)12(16-4)10(9(14)5-15)8(3)11(6)13/h9,15H,5,14H2,1-4H3. The molecule has 3 nitrogen and oxygen atoms in total. The minimum atomic E-state index is -0.412. The molecule has 16 heavy (non-hydrogen) atoms. The molecule has 90 valence electrons. The highest BCUT2D eigenvalue weighted by Gasteiger charge is 2.20. The summed E-state index contributed by atoms with van der Waals surface area (Å²) in [6.07, 6.45) is 0. The first-order chi connectivity index (χ1) is 7.45. The first-order valence-electron chi connectivity index (χ1n) is 5.15. The van der Waals surface area contributed by atoms with Gasteiger partial charge in [0.25, 0.3) is 0 Å². The molecule has 0 aliphatic carbocycles. The Kier molecular flexibility index (Phi) is 4.35. The monoisotopic (exact) mass is 287 g/mol. The highest BCUT2D eigenvalue weighted by Crippen LogP contribution is 2.38. The predicted molar refractivity (Wildman–Crippen MR) is 68.9 cm³/mol. The van der Waals surface area contributed by atoms with Crippen molar-refractivity contribution in [2.75, 3.05) is 13.7 Å². The molecule has 0 aromatic heterocycles. The van der Waals surface area contributed by atoms with Gasteiger partial charge in [-0.2, -0.15) is 0 Å². The molecule has 1 atom stereocenters. The van der Waals surface area contributed by atoms with E-state index in [0.717, 1.165) is 32.5 Å². The Labute approximate surface area is 105 Å². The number of benzene rings is 1. The average Bonchev–Trinajstić information content (AvgIpc) is 2.29. The Morgan fingerprint density at radius 2 is 1.81 bits per heavy atom. The molecule has 1 unspecified atom stereocenters. The van der Waals surface area contributed by atoms with Crippen LogP contribution in [-0.2, 0) is 0 Å². The lowest BCUT2D eigenvalue weighted by Gasteiger charge is -2.21. The Morgan fingerprint density at radius 3 is 2.25 bits per heavy atom. The van der Waals surface area contributed by atoms with E-state index in [1.54, 1.807) is 7.11 Å². The summed E-state index contributed by atoms with van der Waals surface area (Å²) in [7, 11) is 1.63. The maximum absolute atomic E-state index is 9.19. The van der Waals surface area contributed by atoms with E-state index < -0.39 is 6.04 Å². The smallest absolute Gasteiger partial charge is 0.127 e. The van der Waals surface area contributed by atoms with E-state index >= 15 is 0 Å². The van der Waals surface area contributed by atoms with E-state index in [-0.39, 0.29) is 6.61 Å². The molecule has 0 radical (unpaired) electrons. The Balaban J connectivity index is 3.57. The number of halogens is 1. The van der Waals surface area contributed by atoms with Crippen molar-refractivity contribution in [3.8, 4) is 5.75 Å². The minimum absolute atomic E-state index is 0.0911. The van der Waals surface area contributed by atoms with E-state index in [0.29, 0.717) is 0 Å². The predicted octanol–water partition coefficient (Wildman–Crippen LogP) is 2.38. The second-order valence-electron chi connectivity index (χ2n) is 3.92. The van der Waals surface area contributed by atoms with E-state index in [2.05, 4.69) is 15.9 Å². The molecule has 0 spiro atoms. The Hall–Kier alpha value is -0.580. The zero-order valence-electron chi connectivity index (χ0n) is 10.1. The number of hydrogen-bond acceptors (Lipinski definition) is 3. The topological polar surface area (TPSA) is 55.5 Å². The van der Waals surface area contributed by atoms with E-state index in [9.17, 15) is 5.11 Å². The molecule has 4 heteroatoms. The molecule has 0 saturated heterocycles. The zero-order chi connectivity index (χ0) is 12.5. The van der Waals surface area contributed by atoms with Gasteiger partial charge in [0.05, 0.1) is 19.8 Å². The van der Waals surface area contributed by atoms with E-state index in [1.807, 2.05) is 20.8 Å². The van der Waals surface area contributed by atoms with Gasteiger partial charge in [0.15, 0.2) is 0 Å². The van der Waals surface area contributed by atoms with Crippen molar-refractivity contribution >= 4 is 15.9 Å². The fourth-order valence-corrected chi connectivity index (χ4v) is 2.42. The fourth-order valence-electron chi connectivity index (χ4n) is 1.91. The van der Waals surface area contributed by atoms with Crippen LogP contribution in [0.3, 0.4) is 0 Å². The maximum Gasteiger partial charge on any atom is 0.127 e. The van der Waals surface area contributed by atoms with Crippen molar-refractivity contribution in [3.63, 3.8) is 0 Å². The second kappa shape index (κ2) is 5.17. The molecular formula is C12H18BrNO2. The van der Waals surface area contributed by atoms with Crippen LogP contribution in [0.2, 0.25) is 0 Å². The van der Waals surface area contributed by atoms with Crippen LogP contribution in [0.1, 0.15) is 28.3 Å². The maximum atomic E-state index is 9.19. The van der Waals surface area contributed by atoms with Crippen molar-refractivity contribution in [1.29, 1.82) is 0 Å². The number of aliphatic hydroxyl groups is 1. The van der Waals surface area contributed by atoms with Crippen LogP contribution < -0.4 is 10.5 Å². The van der Waals surface area contributed by atoms with Crippen LogP contribution in [0.15, 0.2) is 4.47 Å². The van der Waals surface area contributed by atoms with Gasteiger partial charge in [0.2, 0.25) is 0 Å². The first kappa shape index (κ1) is 13.5. The van der Waals surface area contributed by atoms with Crippen molar-refractivity contribution in [2.45, 2.75) is 26.8 Å². The molecule has 0 saturated carbocycles. The van der Waals surface area contributed by atoms with Gasteiger partial charge in [-0.15, -0.1) is 0 Å². The molecule has 1 rings (SSSR count). The lowest BCUT2D eigenvalue weighted by molar-refractivity contribution is 0.264. The van der Waals surface area contributed by atoms with E-state index in [1.165, 1.54) is 0 Å². The third-order valence-corrected chi connectivity index (χ3v) is 4.17. The van der Waals surface area contributed by atoms with Gasteiger partial charge in [-0.3, -0.25) is 0 Å². The minimum Gasteiger partial charge on any atom is -0.496 e. The van der Waals surface area contributed by atoms with Gasteiger partial charge < -0.3 is 15.6 Å². The van der Waals surface area contributed by atoms with Crippen molar-refractivity contribution in [3.05, 3.63) is 26.7 Å². The lowest BCUT2D eigenvalue weighted by atomic mass is 9.94. The summed E-state index contributed by atoms with van der Waals surface area (Å²) in [6, 6.07) is -0.412. The summed E-state index contributed by atoms with van der Waals surface area (Å²) >= 11 is 3.55. The third-order valence-electron chi connectivity index (χ3n) is 2.98. The quantitative estimate of drug-likeness (QED) is 0.897. The fraction of sp³-hybridized carbons (Fsp3) is 0.500. The molecule has 0 amide bonds. The zero-order valence-corrected chi connectivity index (χ0v) is 11.7. The molecule has 0 bridgehead atoms. The van der Waals surface area contributed by atoms with Gasteiger partial charge in [0.1, 0.15) is 5.75 Å². The molecule has 1 aromatic carbocycles. The van der Waals surface area contributed by atoms with E-state index in [4.69, 9.17) is 10.5 Å².